The van der Waals surface area contributed by atoms with E-state index in [1.165, 1.54) is 12.1 Å². The predicted molar refractivity (Wildman–Crippen MR) is 75.3 cm³/mol. The van der Waals surface area contributed by atoms with E-state index in [0.717, 1.165) is 11.1 Å². The molecular weight excluding hydrogens is 265 g/mol. The van der Waals surface area contributed by atoms with Crippen LogP contribution in [0, 0.1) is 5.82 Å². The van der Waals surface area contributed by atoms with Gasteiger partial charge in [-0.15, -0.1) is 0 Å². The van der Waals surface area contributed by atoms with Gasteiger partial charge in [-0.1, -0.05) is 29.8 Å². The van der Waals surface area contributed by atoms with Crippen molar-refractivity contribution in [1.29, 1.82) is 0 Å². The van der Waals surface area contributed by atoms with Gasteiger partial charge < -0.3 is 10.1 Å². The first kappa shape index (κ1) is 13.8. The van der Waals surface area contributed by atoms with Crippen molar-refractivity contribution in [2.75, 3.05) is 14.2 Å². The smallest absolute Gasteiger partial charge is 0.137 e. The van der Waals surface area contributed by atoms with Crippen LogP contribution in [0.2, 0.25) is 5.02 Å². The second-order valence-corrected chi connectivity index (χ2v) is 4.57. The van der Waals surface area contributed by atoms with Gasteiger partial charge in [-0.2, -0.15) is 0 Å². The normalized spacial score (nSPS) is 12.2. The van der Waals surface area contributed by atoms with Gasteiger partial charge in [0.15, 0.2) is 0 Å². The second kappa shape index (κ2) is 6.04. The number of nitrogens with one attached hydrogen (secondary N) is 1. The summed E-state index contributed by atoms with van der Waals surface area (Å²) in [5, 5.41) is 3.75. The zero-order valence-electron chi connectivity index (χ0n) is 10.8. The Morgan fingerprint density at radius 2 is 1.74 bits per heavy atom. The Hall–Kier alpha value is -1.58. The Morgan fingerprint density at radius 1 is 1.11 bits per heavy atom. The van der Waals surface area contributed by atoms with Crippen molar-refractivity contribution >= 4 is 11.6 Å². The number of ether oxygens (including phenoxy) is 1. The lowest BCUT2D eigenvalue weighted by Gasteiger charge is -2.18. The Morgan fingerprint density at radius 3 is 2.26 bits per heavy atom. The van der Waals surface area contributed by atoms with E-state index in [0.29, 0.717) is 10.8 Å². The Labute approximate surface area is 117 Å². The summed E-state index contributed by atoms with van der Waals surface area (Å²) < 4.78 is 18.1. The largest absolute Gasteiger partial charge is 0.495 e. The van der Waals surface area contributed by atoms with Gasteiger partial charge in [-0.05, 0) is 42.4 Å². The molecule has 1 unspecified atom stereocenters. The van der Waals surface area contributed by atoms with E-state index in [2.05, 4.69) is 5.32 Å². The van der Waals surface area contributed by atoms with E-state index in [1.54, 1.807) is 19.2 Å². The van der Waals surface area contributed by atoms with Crippen LogP contribution >= 0.6 is 11.6 Å². The summed E-state index contributed by atoms with van der Waals surface area (Å²) in [5.41, 5.74) is 1.98. The van der Waals surface area contributed by atoms with Crippen LogP contribution in [0.5, 0.6) is 5.75 Å². The molecule has 0 radical (unpaired) electrons. The number of hydrogen-bond acceptors (Lipinski definition) is 2. The number of hydrogen-bond donors (Lipinski definition) is 1. The highest BCUT2D eigenvalue weighted by atomic mass is 35.5. The number of benzene rings is 2. The zero-order valence-corrected chi connectivity index (χ0v) is 11.5. The maximum atomic E-state index is 13.0. The lowest BCUT2D eigenvalue weighted by atomic mass is 9.99. The van der Waals surface area contributed by atoms with Gasteiger partial charge in [0.25, 0.3) is 0 Å². The first-order valence-electron chi connectivity index (χ1n) is 5.92. The van der Waals surface area contributed by atoms with Crippen LogP contribution in [0.4, 0.5) is 4.39 Å². The van der Waals surface area contributed by atoms with Crippen molar-refractivity contribution < 1.29 is 9.13 Å². The minimum Gasteiger partial charge on any atom is -0.495 e. The van der Waals surface area contributed by atoms with E-state index in [1.807, 2.05) is 25.2 Å². The van der Waals surface area contributed by atoms with E-state index in [4.69, 9.17) is 16.3 Å². The average Bonchev–Trinajstić information content (AvgIpc) is 2.42. The SMILES string of the molecule is CNC(c1ccc(F)cc1)c1ccc(OC)c(Cl)c1. The number of rotatable bonds is 4. The van der Waals surface area contributed by atoms with E-state index >= 15 is 0 Å². The fourth-order valence-electron chi connectivity index (χ4n) is 2.04. The first-order chi connectivity index (χ1) is 9.15. The molecule has 100 valence electrons. The molecular formula is C15H15ClFNO. The number of methoxy groups -OCH3 is 1. The van der Waals surface area contributed by atoms with Gasteiger partial charge in [0, 0.05) is 0 Å². The summed E-state index contributed by atoms with van der Waals surface area (Å²) in [6.07, 6.45) is 0. The lowest BCUT2D eigenvalue weighted by Crippen LogP contribution is -2.17. The zero-order chi connectivity index (χ0) is 13.8. The Kier molecular flexibility index (Phi) is 4.40. The van der Waals surface area contributed by atoms with Crippen LogP contribution in [-0.4, -0.2) is 14.2 Å². The van der Waals surface area contributed by atoms with Crippen molar-refractivity contribution in [2.45, 2.75) is 6.04 Å². The summed E-state index contributed by atoms with van der Waals surface area (Å²) in [5.74, 6) is 0.394. The molecule has 1 N–H and O–H groups in total. The van der Waals surface area contributed by atoms with Crippen molar-refractivity contribution in [3.8, 4) is 5.75 Å². The molecule has 2 aromatic carbocycles. The topological polar surface area (TPSA) is 21.3 Å². The van der Waals surface area contributed by atoms with Crippen molar-refractivity contribution in [3.63, 3.8) is 0 Å². The predicted octanol–water partition coefficient (Wildman–Crippen LogP) is 3.80. The van der Waals surface area contributed by atoms with Crippen LogP contribution in [0.1, 0.15) is 17.2 Å². The quantitative estimate of drug-likeness (QED) is 0.919. The molecule has 2 nitrogen and oxygen atoms in total. The van der Waals surface area contributed by atoms with Gasteiger partial charge in [0.05, 0.1) is 18.2 Å². The van der Waals surface area contributed by atoms with Gasteiger partial charge in [0.1, 0.15) is 11.6 Å². The Balaban J connectivity index is 2.36. The van der Waals surface area contributed by atoms with Crippen LogP contribution in [0.3, 0.4) is 0 Å². The first-order valence-corrected chi connectivity index (χ1v) is 6.29. The monoisotopic (exact) mass is 279 g/mol. The number of halogens is 2. The van der Waals surface area contributed by atoms with Gasteiger partial charge in [-0.25, -0.2) is 4.39 Å². The third-order valence-corrected chi connectivity index (χ3v) is 3.30. The third kappa shape index (κ3) is 3.06. The molecule has 0 aliphatic rings. The van der Waals surface area contributed by atoms with Crippen molar-refractivity contribution in [2.24, 2.45) is 0 Å². The molecule has 2 rings (SSSR count). The summed E-state index contributed by atoms with van der Waals surface area (Å²) in [6, 6.07) is 12.0. The minimum atomic E-state index is -0.244. The van der Waals surface area contributed by atoms with Crippen molar-refractivity contribution in [3.05, 3.63) is 64.4 Å². The molecule has 0 aliphatic heterocycles. The standard InChI is InChI=1S/C15H15ClFNO/c1-18-15(10-3-6-12(17)7-4-10)11-5-8-14(19-2)13(16)9-11/h3-9,15,18H,1-2H3. The van der Waals surface area contributed by atoms with Gasteiger partial charge >= 0.3 is 0 Å². The van der Waals surface area contributed by atoms with E-state index in [-0.39, 0.29) is 11.9 Å². The summed E-state index contributed by atoms with van der Waals surface area (Å²) >= 11 is 6.13. The molecule has 0 aromatic heterocycles. The molecule has 1 atom stereocenters. The fraction of sp³-hybridized carbons (Fsp3) is 0.200. The molecule has 2 aromatic rings. The summed E-state index contributed by atoms with van der Waals surface area (Å²) in [7, 11) is 3.43. The van der Waals surface area contributed by atoms with Crippen LogP contribution < -0.4 is 10.1 Å². The van der Waals surface area contributed by atoms with Gasteiger partial charge in [0.2, 0.25) is 0 Å². The highest BCUT2D eigenvalue weighted by Gasteiger charge is 2.13. The molecule has 0 saturated carbocycles. The average molecular weight is 280 g/mol. The van der Waals surface area contributed by atoms with Gasteiger partial charge in [-0.3, -0.25) is 0 Å². The molecule has 0 spiro atoms. The van der Waals surface area contributed by atoms with Crippen LogP contribution in [0.25, 0.3) is 0 Å². The molecule has 0 saturated heterocycles. The van der Waals surface area contributed by atoms with Crippen molar-refractivity contribution in [1.82, 2.24) is 5.32 Å². The minimum absolute atomic E-state index is 0.0380. The molecule has 0 amide bonds. The maximum Gasteiger partial charge on any atom is 0.137 e. The summed E-state index contributed by atoms with van der Waals surface area (Å²) in [6.45, 7) is 0. The fourth-order valence-corrected chi connectivity index (χ4v) is 2.31. The molecule has 0 bridgehead atoms. The molecule has 4 heteroatoms. The highest BCUT2D eigenvalue weighted by molar-refractivity contribution is 6.32. The molecule has 0 fully saturated rings. The van der Waals surface area contributed by atoms with E-state index < -0.39 is 0 Å². The third-order valence-electron chi connectivity index (χ3n) is 3.00. The molecule has 0 aliphatic carbocycles. The van der Waals surface area contributed by atoms with E-state index in [9.17, 15) is 4.39 Å². The van der Waals surface area contributed by atoms with Crippen LogP contribution in [0.15, 0.2) is 42.5 Å². The Bertz CT molecular complexity index is 557. The summed E-state index contributed by atoms with van der Waals surface area (Å²) in [4.78, 5) is 0. The maximum absolute atomic E-state index is 13.0. The highest BCUT2D eigenvalue weighted by Crippen LogP contribution is 2.30. The lowest BCUT2D eigenvalue weighted by molar-refractivity contribution is 0.414. The molecule has 0 heterocycles. The van der Waals surface area contributed by atoms with Crippen LogP contribution in [-0.2, 0) is 0 Å². The molecule has 19 heavy (non-hydrogen) atoms. The second-order valence-electron chi connectivity index (χ2n) is 4.17.